The summed E-state index contributed by atoms with van der Waals surface area (Å²) in [4.78, 5) is 16.5. The van der Waals surface area contributed by atoms with E-state index in [4.69, 9.17) is 4.74 Å². The minimum Gasteiger partial charge on any atom is -0.497 e. The highest BCUT2D eigenvalue weighted by Crippen LogP contribution is 2.28. The Hall–Kier alpha value is -2.61. The van der Waals surface area contributed by atoms with Crippen LogP contribution in [0, 0.1) is 0 Å². The third-order valence-electron chi connectivity index (χ3n) is 4.24. The Balaban J connectivity index is 1.55. The number of ether oxygens (including phenoxy) is 1. The fourth-order valence-corrected chi connectivity index (χ4v) is 3.49. The Morgan fingerprint density at radius 3 is 2.68 bits per heavy atom. The number of amides is 1. The van der Waals surface area contributed by atoms with E-state index in [1.807, 2.05) is 24.3 Å². The third kappa shape index (κ3) is 5.22. The summed E-state index contributed by atoms with van der Waals surface area (Å²) in [6, 6.07) is 14.9. The van der Waals surface area contributed by atoms with Gasteiger partial charge in [-0.2, -0.15) is 8.78 Å². The standard InChI is InChI=1S/C20H21F2N3O2S/c1-27-15-10-8-14(9-11-15)5-4-12-23-18(26)13-25-17-7-3-2-6-16(17)24-20(25)28-19(21)22/h2-3,6-11,19H,4-5,12-13H2,1H3,(H,23,26). The number of aryl methyl sites for hydroxylation is 1. The van der Waals surface area contributed by atoms with Crippen molar-refractivity contribution in [1.82, 2.24) is 14.9 Å². The van der Waals surface area contributed by atoms with E-state index in [0.29, 0.717) is 29.3 Å². The highest BCUT2D eigenvalue weighted by atomic mass is 32.2. The van der Waals surface area contributed by atoms with Gasteiger partial charge >= 0.3 is 0 Å². The molecule has 0 aliphatic rings. The number of fused-ring (bicyclic) bond motifs is 1. The zero-order valence-corrected chi connectivity index (χ0v) is 16.2. The van der Waals surface area contributed by atoms with E-state index in [-0.39, 0.29) is 17.6 Å². The fourth-order valence-electron chi connectivity index (χ4n) is 2.89. The Morgan fingerprint density at radius 1 is 1.21 bits per heavy atom. The van der Waals surface area contributed by atoms with E-state index in [9.17, 15) is 13.6 Å². The molecule has 0 spiro atoms. The number of hydrogen-bond acceptors (Lipinski definition) is 4. The second-order valence-corrected chi connectivity index (χ2v) is 7.11. The molecule has 1 N–H and O–H groups in total. The number of nitrogens with one attached hydrogen (secondary N) is 1. The number of para-hydroxylation sites is 2. The van der Waals surface area contributed by atoms with Gasteiger partial charge < -0.3 is 14.6 Å². The summed E-state index contributed by atoms with van der Waals surface area (Å²) in [6.45, 7) is 0.465. The van der Waals surface area contributed by atoms with Gasteiger partial charge in [-0.25, -0.2) is 4.98 Å². The summed E-state index contributed by atoms with van der Waals surface area (Å²) in [6.07, 6.45) is 1.60. The molecule has 0 saturated heterocycles. The predicted octanol–water partition coefficient (Wildman–Crippen LogP) is 4.11. The molecular formula is C20H21F2N3O2S. The van der Waals surface area contributed by atoms with Crippen molar-refractivity contribution in [2.24, 2.45) is 0 Å². The number of carbonyl (C=O) groups excluding carboxylic acids is 1. The van der Waals surface area contributed by atoms with Crippen LogP contribution in [0.5, 0.6) is 5.75 Å². The number of carbonyl (C=O) groups is 1. The quantitative estimate of drug-likeness (QED) is 0.430. The zero-order chi connectivity index (χ0) is 19.9. The predicted molar refractivity (Wildman–Crippen MR) is 106 cm³/mol. The van der Waals surface area contributed by atoms with Crippen LogP contribution in [0.15, 0.2) is 53.7 Å². The molecule has 0 bridgehead atoms. The molecular weight excluding hydrogens is 384 g/mol. The minimum absolute atomic E-state index is 0.0435. The number of hydrogen-bond donors (Lipinski definition) is 1. The van der Waals surface area contributed by atoms with Gasteiger partial charge in [0.25, 0.3) is 5.76 Å². The number of imidazole rings is 1. The van der Waals surface area contributed by atoms with E-state index < -0.39 is 5.76 Å². The van der Waals surface area contributed by atoms with Gasteiger partial charge in [0.05, 0.1) is 18.1 Å². The molecule has 8 heteroatoms. The van der Waals surface area contributed by atoms with Crippen LogP contribution in [0.25, 0.3) is 11.0 Å². The second kappa shape index (κ2) is 9.54. The molecule has 1 amide bonds. The molecule has 2 aromatic carbocycles. The first-order valence-corrected chi connectivity index (χ1v) is 9.74. The first kappa shape index (κ1) is 20.1. The lowest BCUT2D eigenvalue weighted by molar-refractivity contribution is -0.121. The van der Waals surface area contributed by atoms with Gasteiger partial charge in [-0.1, -0.05) is 24.3 Å². The Bertz CT molecular complexity index is 929. The SMILES string of the molecule is COc1ccc(CCCNC(=O)Cn2c(SC(F)F)nc3ccccc32)cc1. The van der Waals surface area contributed by atoms with Gasteiger partial charge in [0, 0.05) is 6.54 Å². The summed E-state index contributed by atoms with van der Waals surface area (Å²) in [7, 11) is 1.62. The topological polar surface area (TPSA) is 56.1 Å². The van der Waals surface area contributed by atoms with Crippen LogP contribution < -0.4 is 10.1 Å². The molecule has 148 valence electrons. The normalized spacial score (nSPS) is 11.1. The van der Waals surface area contributed by atoms with Crippen molar-refractivity contribution < 1.29 is 18.3 Å². The van der Waals surface area contributed by atoms with Crippen molar-refractivity contribution in [2.75, 3.05) is 13.7 Å². The molecule has 0 fully saturated rings. The number of rotatable bonds is 9. The molecule has 0 aliphatic heterocycles. The van der Waals surface area contributed by atoms with Gasteiger partial charge in [0.1, 0.15) is 12.3 Å². The van der Waals surface area contributed by atoms with Crippen LogP contribution in [0.4, 0.5) is 8.78 Å². The van der Waals surface area contributed by atoms with E-state index in [1.165, 1.54) is 4.57 Å². The number of nitrogens with zero attached hydrogens (tertiary/aromatic N) is 2. The summed E-state index contributed by atoms with van der Waals surface area (Å²) in [5.41, 5.74) is 2.42. The highest BCUT2D eigenvalue weighted by Gasteiger charge is 2.17. The molecule has 0 atom stereocenters. The third-order valence-corrected chi connectivity index (χ3v) is 4.94. The monoisotopic (exact) mass is 405 g/mol. The first-order valence-electron chi connectivity index (χ1n) is 8.86. The maximum atomic E-state index is 12.8. The maximum Gasteiger partial charge on any atom is 0.291 e. The van der Waals surface area contributed by atoms with Gasteiger partial charge in [0.15, 0.2) is 5.16 Å². The smallest absolute Gasteiger partial charge is 0.291 e. The van der Waals surface area contributed by atoms with Gasteiger partial charge in [-0.15, -0.1) is 0 Å². The minimum atomic E-state index is -2.59. The number of benzene rings is 2. The molecule has 0 radical (unpaired) electrons. The first-order chi connectivity index (χ1) is 13.6. The lowest BCUT2D eigenvalue weighted by Gasteiger charge is -2.10. The molecule has 0 saturated carbocycles. The summed E-state index contributed by atoms with van der Waals surface area (Å²) in [5, 5.41) is 2.99. The van der Waals surface area contributed by atoms with Crippen molar-refractivity contribution in [3.05, 3.63) is 54.1 Å². The Labute approximate surface area is 166 Å². The van der Waals surface area contributed by atoms with Crippen molar-refractivity contribution >= 4 is 28.7 Å². The number of halogens is 2. The molecule has 0 unspecified atom stereocenters. The average Bonchev–Trinajstić information content (AvgIpc) is 3.02. The van der Waals surface area contributed by atoms with Crippen LogP contribution in [0.2, 0.25) is 0 Å². The van der Waals surface area contributed by atoms with Crippen molar-refractivity contribution in [1.29, 1.82) is 0 Å². The summed E-state index contributed by atoms with van der Waals surface area (Å²) >= 11 is 0.350. The molecule has 1 aromatic heterocycles. The van der Waals surface area contributed by atoms with Gasteiger partial charge in [-0.3, -0.25) is 4.79 Å². The molecule has 5 nitrogen and oxygen atoms in total. The zero-order valence-electron chi connectivity index (χ0n) is 15.4. The van der Waals surface area contributed by atoms with Crippen LogP contribution in [0.1, 0.15) is 12.0 Å². The van der Waals surface area contributed by atoms with E-state index in [2.05, 4.69) is 10.3 Å². The second-order valence-electron chi connectivity index (χ2n) is 6.15. The molecule has 1 heterocycles. The van der Waals surface area contributed by atoms with E-state index in [0.717, 1.165) is 24.2 Å². The van der Waals surface area contributed by atoms with E-state index >= 15 is 0 Å². The van der Waals surface area contributed by atoms with Crippen molar-refractivity contribution in [3.63, 3.8) is 0 Å². The summed E-state index contributed by atoms with van der Waals surface area (Å²) < 4.78 is 32.3. The lowest BCUT2D eigenvalue weighted by Crippen LogP contribution is -2.29. The number of methoxy groups -OCH3 is 1. The summed E-state index contributed by atoms with van der Waals surface area (Å²) in [5.74, 6) is -2.01. The number of alkyl halides is 2. The van der Waals surface area contributed by atoms with Crippen LogP contribution >= 0.6 is 11.8 Å². The largest absolute Gasteiger partial charge is 0.497 e. The molecule has 28 heavy (non-hydrogen) atoms. The average molecular weight is 405 g/mol. The van der Waals surface area contributed by atoms with Crippen LogP contribution in [0.3, 0.4) is 0 Å². The Kier molecular flexibility index (Phi) is 6.86. The van der Waals surface area contributed by atoms with Crippen LogP contribution in [-0.4, -0.2) is 34.9 Å². The molecule has 3 aromatic rings. The Morgan fingerprint density at radius 2 is 1.96 bits per heavy atom. The highest BCUT2D eigenvalue weighted by molar-refractivity contribution is 7.99. The maximum absolute atomic E-state index is 12.8. The van der Waals surface area contributed by atoms with Gasteiger partial charge in [0.2, 0.25) is 5.91 Å². The number of thioether (sulfide) groups is 1. The van der Waals surface area contributed by atoms with Crippen LogP contribution in [-0.2, 0) is 17.8 Å². The van der Waals surface area contributed by atoms with Crippen molar-refractivity contribution in [3.8, 4) is 5.75 Å². The number of aromatic nitrogens is 2. The van der Waals surface area contributed by atoms with Crippen molar-refractivity contribution in [2.45, 2.75) is 30.3 Å². The lowest BCUT2D eigenvalue weighted by atomic mass is 10.1. The molecule has 0 aliphatic carbocycles. The fraction of sp³-hybridized carbons (Fsp3) is 0.300. The van der Waals surface area contributed by atoms with E-state index in [1.54, 1.807) is 31.4 Å². The van der Waals surface area contributed by atoms with Gasteiger partial charge in [-0.05, 0) is 54.4 Å². The molecule has 3 rings (SSSR count).